The molecule has 2 aromatic rings. The minimum Gasteiger partial charge on any atom is -0.480 e. The van der Waals surface area contributed by atoms with E-state index in [2.05, 4.69) is 29.6 Å². The van der Waals surface area contributed by atoms with Crippen LogP contribution in [-0.4, -0.2) is 53.2 Å². The molecule has 0 spiro atoms. The maximum absolute atomic E-state index is 13.3. The lowest BCUT2D eigenvalue weighted by molar-refractivity contribution is -0.153. The molecule has 34 heavy (non-hydrogen) atoms. The zero-order valence-corrected chi connectivity index (χ0v) is 19.7. The average Bonchev–Trinajstić information content (AvgIpc) is 3.15. The number of carboxylic acid groups (broad SMARTS) is 1. The molecule has 2 amide bonds. The quantitative estimate of drug-likeness (QED) is 0.633. The van der Waals surface area contributed by atoms with Gasteiger partial charge in [-0.1, -0.05) is 62.4 Å². The zero-order valence-electron chi connectivity index (χ0n) is 19.7. The summed E-state index contributed by atoms with van der Waals surface area (Å²) in [5.41, 5.74) is 4.52. The molecular weight excluding hydrogens is 432 g/mol. The summed E-state index contributed by atoms with van der Waals surface area (Å²) >= 11 is 0. The number of hydrogen-bond acceptors (Lipinski definition) is 4. The maximum Gasteiger partial charge on any atom is 0.407 e. The molecule has 7 nitrogen and oxygen atoms in total. The highest BCUT2D eigenvalue weighted by Gasteiger charge is 2.37. The van der Waals surface area contributed by atoms with Crippen LogP contribution in [0.4, 0.5) is 4.79 Å². The minimum atomic E-state index is -1.00. The van der Waals surface area contributed by atoms with E-state index >= 15 is 0 Å². The molecule has 2 atom stereocenters. The van der Waals surface area contributed by atoms with Crippen molar-refractivity contribution in [3.8, 4) is 11.1 Å². The van der Waals surface area contributed by atoms with Crippen LogP contribution in [0, 0.1) is 5.92 Å². The van der Waals surface area contributed by atoms with Crippen LogP contribution in [0.5, 0.6) is 0 Å². The Balaban J connectivity index is 1.45. The van der Waals surface area contributed by atoms with E-state index in [4.69, 9.17) is 4.74 Å². The Kier molecular flexibility index (Phi) is 7.20. The monoisotopic (exact) mass is 464 g/mol. The molecule has 2 aliphatic rings. The number of nitrogens with zero attached hydrogens (tertiary/aromatic N) is 1. The van der Waals surface area contributed by atoms with Gasteiger partial charge in [0, 0.05) is 12.5 Å². The number of carbonyl (C=O) groups is 3. The van der Waals surface area contributed by atoms with Gasteiger partial charge < -0.3 is 20.1 Å². The van der Waals surface area contributed by atoms with Crippen molar-refractivity contribution in [2.24, 2.45) is 5.92 Å². The molecular formula is C27H32N2O5. The summed E-state index contributed by atoms with van der Waals surface area (Å²) in [5.74, 6) is -1.29. The van der Waals surface area contributed by atoms with E-state index in [-0.39, 0.29) is 24.3 Å². The third-order valence-electron chi connectivity index (χ3n) is 6.71. The predicted octanol–water partition coefficient (Wildman–Crippen LogP) is 4.41. The van der Waals surface area contributed by atoms with Crippen LogP contribution in [0.2, 0.25) is 0 Å². The van der Waals surface area contributed by atoms with Gasteiger partial charge in [0.2, 0.25) is 5.91 Å². The third kappa shape index (κ3) is 4.93. The summed E-state index contributed by atoms with van der Waals surface area (Å²) in [5, 5.41) is 12.3. The van der Waals surface area contributed by atoms with Gasteiger partial charge in [-0.2, -0.15) is 0 Å². The average molecular weight is 465 g/mol. The number of carboxylic acids is 1. The summed E-state index contributed by atoms with van der Waals surface area (Å²) in [6.07, 6.45) is 1.71. The van der Waals surface area contributed by atoms with E-state index in [9.17, 15) is 19.5 Å². The number of hydrogen-bond donors (Lipinski definition) is 2. The number of aliphatic carboxylic acids is 1. The fourth-order valence-corrected chi connectivity index (χ4v) is 5.13. The molecule has 0 bridgehead atoms. The van der Waals surface area contributed by atoms with Gasteiger partial charge in [0.25, 0.3) is 0 Å². The molecule has 180 valence electrons. The van der Waals surface area contributed by atoms with Gasteiger partial charge in [-0.25, -0.2) is 9.59 Å². The van der Waals surface area contributed by atoms with Crippen molar-refractivity contribution >= 4 is 18.0 Å². The normalized spacial score (nSPS) is 18.2. The number of amides is 2. The van der Waals surface area contributed by atoms with E-state index in [1.165, 1.54) is 4.90 Å². The van der Waals surface area contributed by atoms with Crippen molar-refractivity contribution in [1.82, 2.24) is 10.2 Å². The molecule has 4 rings (SSSR count). The SMILES string of the molecule is CC(C)C[C@@H](NC(=O)OCC1c2ccccc2-c2ccccc21)C(=O)N1CCCC[C@@H]1C(=O)O. The molecule has 1 aliphatic carbocycles. The molecule has 1 aliphatic heterocycles. The number of benzene rings is 2. The number of alkyl carbamates (subject to hydrolysis) is 1. The zero-order chi connectivity index (χ0) is 24.2. The van der Waals surface area contributed by atoms with Crippen molar-refractivity contribution in [2.45, 2.75) is 57.5 Å². The summed E-state index contributed by atoms with van der Waals surface area (Å²) in [4.78, 5) is 39.1. The molecule has 2 N–H and O–H groups in total. The van der Waals surface area contributed by atoms with Crippen LogP contribution >= 0.6 is 0 Å². The van der Waals surface area contributed by atoms with E-state index in [1.807, 2.05) is 38.1 Å². The van der Waals surface area contributed by atoms with E-state index < -0.39 is 24.1 Å². The summed E-state index contributed by atoms with van der Waals surface area (Å²) in [7, 11) is 0. The van der Waals surface area contributed by atoms with E-state index in [0.29, 0.717) is 19.4 Å². The van der Waals surface area contributed by atoms with Gasteiger partial charge >= 0.3 is 12.1 Å². The standard InChI is InChI=1S/C27H32N2O5/c1-17(2)15-23(25(30)29-14-8-7-13-24(29)26(31)32)28-27(33)34-16-22-20-11-5-3-9-18(20)19-10-4-6-12-21(19)22/h3-6,9-12,17,22-24H,7-8,13-16H2,1-2H3,(H,28,33)(H,31,32)/t23-,24-/m1/s1. The number of likely N-dealkylation sites (tertiary alicyclic amines) is 1. The van der Waals surface area contributed by atoms with E-state index in [0.717, 1.165) is 35.1 Å². The highest BCUT2D eigenvalue weighted by Crippen LogP contribution is 2.44. The molecule has 0 radical (unpaired) electrons. The van der Waals surface area contributed by atoms with Crippen LogP contribution in [0.1, 0.15) is 56.6 Å². The van der Waals surface area contributed by atoms with Crippen molar-refractivity contribution < 1.29 is 24.2 Å². The fourth-order valence-electron chi connectivity index (χ4n) is 5.13. The maximum atomic E-state index is 13.3. The second-order valence-electron chi connectivity index (χ2n) is 9.53. The molecule has 1 saturated heterocycles. The first-order valence-electron chi connectivity index (χ1n) is 12.0. The highest BCUT2D eigenvalue weighted by molar-refractivity contribution is 5.89. The number of piperidine rings is 1. The van der Waals surface area contributed by atoms with Crippen LogP contribution in [-0.2, 0) is 14.3 Å². The Morgan fingerprint density at radius 1 is 1.03 bits per heavy atom. The summed E-state index contributed by atoms with van der Waals surface area (Å²) < 4.78 is 5.63. The Morgan fingerprint density at radius 3 is 2.24 bits per heavy atom. The van der Waals surface area contributed by atoms with Crippen molar-refractivity contribution in [1.29, 1.82) is 0 Å². The lowest BCUT2D eigenvalue weighted by atomic mass is 9.97. The molecule has 2 aromatic carbocycles. The minimum absolute atomic E-state index is 0.0733. The first-order chi connectivity index (χ1) is 16.4. The second kappa shape index (κ2) is 10.3. The molecule has 7 heteroatoms. The largest absolute Gasteiger partial charge is 0.480 e. The van der Waals surface area contributed by atoms with Crippen LogP contribution in [0.3, 0.4) is 0 Å². The number of ether oxygens (including phenoxy) is 1. The second-order valence-corrected chi connectivity index (χ2v) is 9.53. The van der Waals surface area contributed by atoms with Gasteiger partial charge in [0.05, 0.1) is 0 Å². The predicted molar refractivity (Wildman–Crippen MR) is 128 cm³/mol. The van der Waals surface area contributed by atoms with E-state index in [1.54, 1.807) is 0 Å². The van der Waals surface area contributed by atoms with Crippen molar-refractivity contribution in [3.05, 3.63) is 59.7 Å². The van der Waals surface area contributed by atoms with Gasteiger partial charge in [0.15, 0.2) is 0 Å². The molecule has 0 aromatic heterocycles. The highest BCUT2D eigenvalue weighted by atomic mass is 16.5. The van der Waals surface area contributed by atoms with Crippen LogP contribution in [0.25, 0.3) is 11.1 Å². The fraction of sp³-hybridized carbons (Fsp3) is 0.444. The van der Waals surface area contributed by atoms with Gasteiger partial charge in [0.1, 0.15) is 18.7 Å². The Hall–Kier alpha value is -3.35. The molecule has 1 heterocycles. The molecule has 0 unspecified atom stereocenters. The third-order valence-corrected chi connectivity index (χ3v) is 6.71. The van der Waals surface area contributed by atoms with Crippen LogP contribution < -0.4 is 5.32 Å². The lowest BCUT2D eigenvalue weighted by Gasteiger charge is -2.35. The number of fused-ring (bicyclic) bond motifs is 3. The lowest BCUT2D eigenvalue weighted by Crippen LogP contribution is -2.55. The van der Waals surface area contributed by atoms with Gasteiger partial charge in [-0.15, -0.1) is 0 Å². The smallest absolute Gasteiger partial charge is 0.407 e. The first kappa shape index (κ1) is 23.8. The molecule has 0 saturated carbocycles. The Labute approximate surface area is 200 Å². The van der Waals surface area contributed by atoms with Crippen LogP contribution in [0.15, 0.2) is 48.5 Å². The first-order valence-corrected chi connectivity index (χ1v) is 12.0. The number of carbonyl (C=O) groups excluding carboxylic acids is 2. The number of nitrogens with one attached hydrogen (secondary N) is 1. The van der Waals surface area contributed by atoms with Crippen molar-refractivity contribution in [2.75, 3.05) is 13.2 Å². The Morgan fingerprint density at radius 2 is 1.65 bits per heavy atom. The summed E-state index contributed by atoms with van der Waals surface area (Å²) in [6, 6.07) is 14.5. The number of rotatable bonds is 7. The molecule has 1 fully saturated rings. The Bertz CT molecular complexity index is 1020. The van der Waals surface area contributed by atoms with Crippen molar-refractivity contribution in [3.63, 3.8) is 0 Å². The summed E-state index contributed by atoms with van der Waals surface area (Å²) in [6.45, 7) is 4.47. The van der Waals surface area contributed by atoms with Gasteiger partial charge in [-0.3, -0.25) is 4.79 Å². The van der Waals surface area contributed by atoms with Gasteiger partial charge in [-0.05, 0) is 53.9 Å². The topological polar surface area (TPSA) is 95.9 Å².